The van der Waals surface area contributed by atoms with Crippen molar-refractivity contribution in [2.24, 2.45) is 5.92 Å². The first kappa shape index (κ1) is 69.8. The number of nitrogens with one attached hydrogen (secondary N) is 2. The Morgan fingerprint density at radius 3 is 1.05 bits per heavy atom. The Balaban J connectivity index is 0.000000338. The van der Waals surface area contributed by atoms with Crippen LogP contribution in [-0.4, -0.2) is 62.0 Å². The Hall–Kier alpha value is -9.42. The van der Waals surface area contributed by atoms with Gasteiger partial charge in [-0.3, -0.25) is 19.2 Å². The summed E-state index contributed by atoms with van der Waals surface area (Å²) in [6.07, 6.45) is -1.18. The Morgan fingerprint density at radius 2 is 0.718 bits per heavy atom. The van der Waals surface area contributed by atoms with Crippen molar-refractivity contribution in [2.75, 3.05) is 0 Å². The summed E-state index contributed by atoms with van der Waals surface area (Å²) in [6, 6.07) is 61.0. The van der Waals surface area contributed by atoms with Crippen molar-refractivity contribution in [3.8, 4) is 0 Å². The number of alkyl carbamates (subject to hydrolysis) is 2. The zero-order chi connectivity index (χ0) is 61.4. The monoisotopic (exact) mass is 1180 g/mol. The van der Waals surface area contributed by atoms with E-state index in [4.69, 9.17) is 33.2 Å². The van der Waals surface area contributed by atoms with E-state index in [1.165, 1.54) is 19.1 Å². The molecule has 7 rings (SSSR count). The van der Waals surface area contributed by atoms with Crippen molar-refractivity contribution in [3.05, 3.63) is 246 Å². The molecule has 18 heteroatoms. The second-order valence-corrected chi connectivity index (χ2v) is 22.2. The Morgan fingerprint density at radius 1 is 0.435 bits per heavy atom. The summed E-state index contributed by atoms with van der Waals surface area (Å²) in [6.45, 7) is 12.0. The highest BCUT2D eigenvalue weighted by atomic mass is 32.2. The SMILES string of the molecule is C.CC(C)(C)OC(=O)NC(c1ccccc1)C(C(=O)OCc1ccccc1)C(=O)OCc1ccccc1.CC(C)(C)OC(=O)NC(c1ccccc1)S(=O)(=O)c1ccccc1.CC=O.O=C(CC(=O)OCc1ccccc1)OCc1ccccc1. The van der Waals surface area contributed by atoms with Crippen LogP contribution in [0.1, 0.15) is 107 Å². The minimum atomic E-state index is -3.82. The molecule has 2 unspecified atom stereocenters. The number of esters is 4. The molecule has 0 aliphatic rings. The van der Waals surface area contributed by atoms with Gasteiger partial charge >= 0.3 is 36.1 Å². The second kappa shape index (κ2) is 36.2. The van der Waals surface area contributed by atoms with Gasteiger partial charge in [0.15, 0.2) is 11.3 Å². The first-order valence-corrected chi connectivity index (χ1v) is 28.2. The molecule has 0 saturated carbocycles. The molecule has 0 aliphatic heterocycles. The van der Waals surface area contributed by atoms with Crippen molar-refractivity contribution in [3.63, 3.8) is 0 Å². The number of ether oxygens (including phenoxy) is 6. The van der Waals surface area contributed by atoms with Crippen LogP contribution in [0.3, 0.4) is 0 Å². The van der Waals surface area contributed by atoms with Crippen LogP contribution in [0.2, 0.25) is 0 Å². The number of carbonyl (C=O) groups is 7. The third-order valence-corrected chi connectivity index (χ3v) is 13.0. The lowest BCUT2D eigenvalue weighted by atomic mass is 9.93. The van der Waals surface area contributed by atoms with E-state index in [9.17, 15) is 37.2 Å². The first-order chi connectivity index (χ1) is 40.1. The van der Waals surface area contributed by atoms with Crippen LogP contribution in [0.5, 0.6) is 0 Å². The van der Waals surface area contributed by atoms with Gasteiger partial charge in [0.05, 0.1) is 10.9 Å². The van der Waals surface area contributed by atoms with Crippen LogP contribution in [0.25, 0.3) is 0 Å². The van der Waals surface area contributed by atoms with Crippen molar-refractivity contribution in [1.29, 1.82) is 0 Å². The minimum absolute atomic E-state index is 0. The first-order valence-electron chi connectivity index (χ1n) is 26.7. The highest BCUT2D eigenvalue weighted by Crippen LogP contribution is 2.29. The average molecular weight is 1180 g/mol. The predicted molar refractivity (Wildman–Crippen MR) is 322 cm³/mol. The molecule has 7 aromatic carbocycles. The number of hydrogen-bond donors (Lipinski definition) is 2. The van der Waals surface area contributed by atoms with Crippen LogP contribution in [0, 0.1) is 5.92 Å². The van der Waals surface area contributed by atoms with Gasteiger partial charge in [0.2, 0.25) is 9.84 Å². The van der Waals surface area contributed by atoms with E-state index in [1.54, 1.807) is 120 Å². The highest BCUT2D eigenvalue weighted by Gasteiger charge is 2.41. The van der Waals surface area contributed by atoms with Crippen LogP contribution in [0.4, 0.5) is 9.59 Å². The van der Waals surface area contributed by atoms with Gasteiger partial charge in [-0.25, -0.2) is 18.0 Å². The lowest BCUT2D eigenvalue weighted by molar-refractivity contribution is -0.165. The smallest absolute Gasteiger partial charge is 0.408 e. The molecule has 2 N–H and O–H groups in total. The fourth-order valence-corrected chi connectivity index (χ4v) is 8.86. The Labute approximate surface area is 498 Å². The molecule has 7 aromatic rings. The summed E-state index contributed by atoms with van der Waals surface area (Å²) in [7, 11) is -3.82. The van der Waals surface area contributed by atoms with Crippen molar-refractivity contribution < 1.29 is 70.4 Å². The number of hydrogen-bond acceptors (Lipinski definition) is 15. The summed E-state index contributed by atoms with van der Waals surface area (Å²) < 4.78 is 57.6. The molecule has 450 valence electrons. The predicted octanol–water partition coefficient (Wildman–Crippen LogP) is 12.7. The number of sulfone groups is 1. The average Bonchev–Trinajstić information content (AvgIpc) is 3.58. The molecule has 2 atom stereocenters. The number of amides is 2. The number of benzene rings is 7. The van der Waals surface area contributed by atoms with Gasteiger partial charge in [-0.15, -0.1) is 0 Å². The normalized spacial score (nSPS) is 11.3. The van der Waals surface area contributed by atoms with Gasteiger partial charge in [-0.2, -0.15) is 0 Å². The maximum atomic E-state index is 13.3. The van der Waals surface area contributed by atoms with Crippen molar-refractivity contribution in [1.82, 2.24) is 10.6 Å². The lowest BCUT2D eigenvalue weighted by Crippen LogP contribution is -2.43. The highest BCUT2D eigenvalue weighted by molar-refractivity contribution is 7.91. The van der Waals surface area contributed by atoms with Crippen molar-refractivity contribution >= 4 is 52.2 Å². The summed E-state index contributed by atoms with van der Waals surface area (Å²) in [5.41, 5.74) is 2.78. The molecule has 0 bridgehead atoms. The summed E-state index contributed by atoms with van der Waals surface area (Å²) in [5, 5.41) is 3.94. The molecule has 17 nitrogen and oxygen atoms in total. The molecule has 2 amide bonds. The van der Waals surface area contributed by atoms with Gasteiger partial charge in [0.25, 0.3) is 0 Å². The topological polar surface area (TPSA) is 233 Å². The van der Waals surface area contributed by atoms with E-state index in [0.29, 0.717) is 11.1 Å². The zero-order valence-corrected chi connectivity index (χ0v) is 48.9. The summed E-state index contributed by atoms with van der Waals surface area (Å²) in [5.74, 6) is -4.27. The van der Waals surface area contributed by atoms with E-state index in [-0.39, 0.29) is 45.2 Å². The van der Waals surface area contributed by atoms with E-state index >= 15 is 0 Å². The molecule has 0 saturated heterocycles. The molecule has 0 aliphatic carbocycles. The Bertz CT molecular complexity index is 3110. The van der Waals surface area contributed by atoms with Crippen LogP contribution in [0.15, 0.2) is 217 Å². The molecule has 0 spiro atoms. The van der Waals surface area contributed by atoms with E-state index in [0.717, 1.165) is 28.5 Å². The molecular weight excluding hydrogens is 1100 g/mol. The zero-order valence-electron chi connectivity index (χ0n) is 48.1. The van der Waals surface area contributed by atoms with E-state index in [1.807, 2.05) is 121 Å². The molecule has 0 fully saturated rings. The lowest BCUT2D eigenvalue weighted by Gasteiger charge is -2.27. The molecule has 0 heterocycles. The largest absolute Gasteiger partial charge is 0.460 e. The van der Waals surface area contributed by atoms with Crippen molar-refractivity contribution in [2.45, 2.75) is 116 Å². The van der Waals surface area contributed by atoms with Crippen LogP contribution >= 0.6 is 0 Å². The third kappa shape index (κ3) is 27.0. The summed E-state index contributed by atoms with van der Waals surface area (Å²) >= 11 is 0. The summed E-state index contributed by atoms with van der Waals surface area (Å²) in [4.78, 5) is 83.5. The molecule has 85 heavy (non-hydrogen) atoms. The van der Waals surface area contributed by atoms with Crippen LogP contribution in [-0.2, 0) is 88.7 Å². The van der Waals surface area contributed by atoms with Gasteiger partial charge in [0, 0.05) is 0 Å². The minimum Gasteiger partial charge on any atom is -0.460 e. The molecule has 0 radical (unpaired) electrons. The number of carbonyl (C=O) groups excluding carboxylic acids is 7. The fourth-order valence-electron chi connectivity index (χ4n) is 7.28. The third-order valence-electron chi connectivity index (χ3n) is 11.0. The quantitative estimate of drug-likeness (QED) is 0.0332. The molecule has 0 aromatic heterocycles. The van der Waals surface area contributed by atoms with Gasteiger partial charge in [0.1, 0.15) is 50.3 Å². The van der Waals surface area contributed by atoms with Crippen LogP contribution < -0.4 is 10.6 Å². The van der Waals surface area contributed by atoms with E-state index < -0.39 is 74.4 Å². The van der Waals surface area contributed by atoms with Gasteiger partial charge in [-0.1, -0.05) is 208 Å². The standard InChI is InChI=1S/C29H31NO6.C18H21NO4S.C17H16O4.C2H4O.CH4/c1-29(2,3)36-28(33)30-25(23-17-11-6-12-18-23)24(26(31)34-19-21-13-7-4-8-14-21)27(32)35-20-22-15-9-5-10-16-22;1-18(2,3)23-17(20)19-16(14-10-6-4-7-11-14)24(21,22)15-12-8-5-9-13-15;18-16(20-12-14-7-3-1-4-8-14)11-17(19)21-13-15-9-5-2-6-10-15;1-2-3;/h4-18,24-25H,19-20H2,1-3H3,(H,30,33);4-13,16H,1-3H3,(H,19,20);1-10H,11-13H2;2H,1H3;1H4. The maximum Gasteiger partial charge on any atom is 0.408 e. The van der Waals surface area contributed by atoms with Gasteiger partial charge < -0.3 is 43.8 Å². The van der Waals surface area contributed by atoms with Gasteiger partial charge in [-0.05, 0) is 94.0 Å². The fraction of sp³-hybridized carbons (Fsp3) is 0.269. The number of aldehydes is 1. The maximum absolute atomic E-state index is 13.3. The second-order valence-electron chi connectivity index (χ2n) is 20.2. The molecular formula is C67H76N2O15S. The number of rotatable bonds is 19. The van der Waals surface area contributed by atoms with E-state index in [2.05, 4.69) is 10.6 Å². The Kier molecular flexibility index (Phi) is 29.8.